The van der Waals surface area contributed by atoms with Crippen LogP contribution in [0.15, 0.2) is 30.5 Å². The van der Waals surface area contributed by atoms with E-state index >= 15 is 0 Å². The van der Waals surface area contributed by atoms with Crippen LogP contribution in [0.3, 0.4) is 0 Å². The Bertz CT molecular complexity index is 762. The molecule has 0 spiro atoms. The molecule has 1 saturated carbocycles. The molecule has 1 heterocycles. The molecule has 152 valence electrons. The fraction of sp³-hybridized carbons (Fsp3) is 0.524. The lowest BCUT2D eigenvalue weighted by molar-refractivity contribution is 0.322. The van der Waals surface area contributed by atoms with Crippen molar-refractivity contribution in [2.75, 3.05) is 38.0 Å². The van der Waals surface area contributed by atoms with Gasteiger partial charge in [-0.25, -0.2) is 4.98 Å². The number of anilines is 2. The van der Waals surface area contributed by atoms with Crippen molar-refractivity contribution in [1.29, 1.82) is 0 Å². The quantitative estimate of drug-likeness (QED) is 0.695. The Morgan fingerprint density at radius 2 is 1.96 bits per heavy atom. The van der Waals surface area contributed by atoms with Crippen LogP contribution in [0.4, 0.5) is 11.8 Å². The van der Waals surface area contributed by atoms with Gasteiger partial charge >= 0.3 is 0 Å². The molecule has 0 radical (unpaired) electrons. The fourth-order valence-electron chi connectivity index (χ4n) is 3.66. The highest BCUT2D eigenvalue weighted by atomic mass is 35.5. The van der Waals surface area contributed by atoms with E-state index in [1.807, 2.05) is 49.5 Å². The fourth-order valence-corrected chi connectivity index (χ4v) is 3.85. The van der Waals surface area contributed by atoms with Crippen LogP contribution in [0.25, 0.3) is 0 Å². The van der Waals surface area contributed by atoms with Crippen molar-refractivity contribution in [2.45, 2.75) is 38.3 Å². The van der Waals surface area contributed by atoms with Gasteiger partial charge in [0.2, 0.25) is 5.95 Å². The predicted octanol–water partition coefficient (Wildman–Crippen LogP) is 3.97. The second-order valence-electron chi connectivity index (χ2n) is 7.58. The van der Waals surface area contributed by atoms with Gasteiger partial charge in [0.1, 0.15) is 11.6 Å². The molecule has 1 aliphatic rings. The maximum absolute atomic E-state index is 6.11. The first-order chi connectivity index (χ1) is 13.5. The molecule has 1 aromatic carbocycles. The third-order valence-corrected chi connectivity index (χ3v) is 5.51. The highest BCUT2D eigenvalue weighted by Gasteiger charge is 2.21. The molecule has 3 rings (SSSR count). The maximum Gasteiger partial charge on any atom is 0.224 e. The van der Waals surface area contributed by atoms with Crippen molar-refractivity contribution in [2.24, 2.45) is 5.92 Å². The third-order valence-electron chi connectivity index (χ3n) is 5.27. The van der Waals surface area contributed by atoms with Crippen molar-refractivity contribution in [3.05, 3.63) is 41.0 Å². The Balaban J connectivity index is 1.42. The molecule has 1 fully saturated rings. The number of rotatable bonds is 8. The molecule has 28 heavy (non-hydrogen) atoms. The van der Waals surface area contributed by atoms with Gasteiger partial charge in [0, 0.05) is 43.5 Å². The summed E-state index contributed by atoms with van der Waals surface area (Å²) in [4.78, 5) is 10.9. The van der Waals surface area contributed by atoms with E-state index in [4.69, 9.17) is 16.3 Å². The van der Waals surface area contributed by atoms with E-state index in [-0.39, 0.29) is 0 Å². The molecule has 7 heteroatoms. The minimum atomic E-state index is 0.446. The van der Waals surface area contributed by atoms with Gasteiger partial charge in [-0.2, -0.15) is 4.98 Å². The number of methoxy groups -OCH3 is 1. The van der Waals surface area contributed by atoms with E-state index in [1.165, 1.54) is 12.8 Å². The smallest absolute Gasteiger partial charge is 0.224 e. The summed E-state index contributed by atoms with van der Waals surface area (Å²) in [5.41, 5.74) is 1.10. The van der Waals surface area contributed by atoms with E-state index in [0.717, 1.165) is 54.0 Å². The molecule has 0 amide bonds. The summed E-state index contributed by atoms with van der Waals surface area (Å²) in [6.45, 7) is 1.78. The topological polar surface area (TPSA) is 62.3 Å². The number of halogens is 1. The molecule has 0 bridgehead atoms. The Labute approximate surface area is 172 Å². The van der Waals surface area contributed by atoms with Gasteiger partial charge in [0.15, 0.2) is 0 Å². The van der Waals surface area contributed by atoms with Crippen LogP contribution in [0, 0.1) is 5.92 Å². The second kappa shape index (κ2) is 9.94. The average molecular weight is 404 g/mol. The molecule has 0 atom stereocenters. The first-order valence-corrected chi connectivity index (χ1v) is 10.2. The number of ether oxygens (including phenoxy) is 1. The normalized spacial score (nSPS) is 19.3. The van der Waals surface area contributed by atoms with Crippen LogP contribution in [0.2, 0.25) is 5.02 Å². The molecule has 0 aliphatic heterocycles. The summed E-state index contributed by atoms with van der Waals surface area (Å²) in [5.74, 6) is 3.22. The van der Waals surface area contributed by atoms with Crippen LogP contribution < -0.4 is 20.3 Å². The van der Waals surface area contributed by atoms with Gasteiger partial charge in [-0.05, 0) is 62.4 Å². The summed E-state index contributed by atoms with van der Waals surface area (Å²) in [6.07, 6.45) is 6.49. The molecular weight excluding hydrogens is 374 g/mol. The number of hydrogen-bond acceptors (Lipinski definition) is 6. The van der Waals surface area contributed by atoms with Crippen molar-refractivity contribution >= 4 is 23.4 Å². The van der Waals surface area contributed by atoms with Crippen LogP contribution in [0.5, 0.6) is 5.75 Å². The summed E-state index contributed by atoms with van der Waals surface area (Å²) in [7, 11) is 5.67. The molecule has 1 aromatic heterocycles. The minimum absolute atomic E-state index is 0.446. The lowest BCUT2D eigenvalue weighted by atomic mass is 9.86. The van der Waals surface area contributed by atoms with Gasteiger partial charge in [-0.1, -0.05) is 11.6 Å². The number of nitrogens with one attached hydrogen (secondary N) is 2. The van der Waals surface area contributed by atoms with Crippen molar-refractivity contribution in [3.63, 3.8) is 0 Å². The summed E-state index contributed by atoms with van der Waals surface area (Å²) in [6, 6.07) is 8.11. The first-order valence-electron chi connectivity index (χ1n) is 9.85. The zero-order valence-corrected chi connectivity index (χ0v) is 17.7. The first kappa shape index (κ1) is 20.7. The van der Waals surface area contributed by atoms with E-state index in [2.05, 4.69) is 20.6 Å². The third kappa shape index (κ3) is 5.72. The van der Waals surface area contributed by atoms with Gasteiger partial charge in [0.25, 0.3) is 0 Å². The summed E-state index contributed by atoms with van der Waals surface area (Å²) < 4.78 is 5.41. The summed E-state index contributed by atoms with van der Waals surface area (Å²) >= 11 is 6.11. The van der Waals surface area contributed by atoms with Crippen molar-refractivity contribution in [3.8, 4) is 5.75 Å². The number of nitrogens with zero attached hydrogens (tertiary/aromatic N) is 3. The van der Waals surface area contributed by atoms with Crippen LogP contribution >= 0.6 is 11.6 Å². The summed E-state index contributed by atoms with van der Waals surface area (Å²) in [5, 5.41) is 7.81. The maximum atomic E-state index is 6.11. The predicted molar refractivity (Wildman–Crippen MR) is 115 cm³/mol. The van der Waals surface area contributed by atoms with Gasteiger partial charge < -0.3 is 20.3 Å². The SMILES string of the molecule is COc1ccc(Cl)cc1CNC[C@H]1CC[C@@H](Nc2nccc(N(C)C)n2)CC1. The van der Waals surface area contributed by atoms with E-state index in [0.29, 0.717) is 12.0 Å². The lowest BCUT2D eigenvalue weighted by Crippen LogP contribution is -2.31. The zero-order valence-electron chi connectivity index (χ0n) is 16.9. The van der Waals surface area contributed by atoms with Crippen LogP contribution in [0.1, 0.15) is 31.2 Å². The van der Waals surface area contributed by atoms with E-state index < -0.39 is 0 Å². The molecule has 0 saturated heterocycles. The Morgan fingerprint density at radius 3 is 2.68 bits per heavy atom. The molecule has 6 nitrogen and oxygen atoms in total. The molecule has 2 N–H and O–H groups in total. The molecule has 0 unspecified atom stereocenters. The average Bonchev–Trinajstić information content (AvgIpc) is 2.70. The largest absolute Gasteiger partial charge is 0.496 e. The van der Waals surface area contributed by atoms with Gasteiger partial charge in [0.05, 0.1) is 7.11 Å². The van der Waals surface area contributed by atoms with Crippen LogP contribution in [-0.2, 0) is 6.54 Å². The van der Waals surface area contributed by atoms with Crippen molar-refractivity contribution in [1.82, 2.24) is 15.3 Å². The molecule has 2 aromatic rings. The monoisotopic (exact) mass is 403 g/mol. The molecule has 1 aliphatic carbocycles. The van der Waals surface area contributed by atoms with E-state index in [1.54, 1.807) is 7.11 Å². The number of benzene rings is 1. The highest BCUT2D eigenvalue weighted by molar-refractivity contribution is 6.30. The molecular formula is C21H30ClN5O. The van der Waals surface area contributed by atoms with E-state index in [9.17, 15) is 0 Å². The Morgan fingerprint density at radius 1 is 1.18 bits per heavy atom. The second-order valence-corrected chi connectivity index (χ2v) is 8.02. The standard InChI is InChI=1S/C21H30ClN5O/c1-27(2)20-10-11-24-21(26-20)25-18-7-4-15(5-8-18)13-23-14-16-12-17(22)6-9-19(16)28-3/h6,9-12,15,18,23H,4-5,7-8,13-14H2,1-3H3,(H,24,25,26)/t15-,18+. The zero-order chi connectivity index (χ0) is 19.9. The Hall–Kier alpha value is -2.05. The lowest BCUT2D eigenvalue weighted by Gasteiger charge is -2.29. The Kier molecular flexibility index (Phi) is 7.34. The van der Waals surface area contributed by atoms with Gasteiger partial charge in [-0.15, -0.1) is 0 Å². The van der Waals surface area contributed by atoms with Gasteiger partial charge in [-0.3, -0.25) is 0 Å². The van der Waals surface area contributed by atoms with Crippen molar-refractivity contribution < 1.29 is 4.74 Å². The number of hydrogen-bond donors (Lipinski definition) is 2. The highest BCUT2D eigenvalue weighted by Crippen LogP contribution is 2.26. The van der Waals surface area contributed by atoms with Crippen LogP contribution in [-0.4, -0.2) is 43.8 Å². The minimum Gasteiger partial charge on any atom is -0.496 e. The number of aromatic nitrogens is 2.